The maximum atomic E-state index is 12.4. The van der Waals surface area contributed by atoms with Gasteiger partial charge in [0.25, 0.3) is 0 Å². The summed E-state index contributed by atoms with van der Waals surface area (Å²) in [6, 6.07) is 5.68. The molecule has 0 aliphatic carbocycles. The monoisotopic (exact) mass is 283 g/mol. The first-order chi connectivity index (χ1) is 8.96. The first-order valence-corrected chi connectivity index (χ1v) is 7.74. The van der Waals surface area contributed by atoms with Gasteiger partial charge >= 0.3 is 5.97 Å². The molecule has 0 unspecified atom stereocenters. The van der Waals surface area contributed by atoms with Crippen LogP contribution in [-0.4, -0.2) is 36.4 Å². The molecule has 1 heterocycles. The Morgan fingerprint density at radius 1 is 1.37 bits per heavy atom. The number of carboxylic acid groups (broad SMARTS) is 1. The van der Waals surface area contributed by atoms with Crippen molar-refractivity contribution in [2.75, 3.05) is 6.54 Å². The van der Waals surface area contributed by atoms with Crippen molar-refractivity contribution in [1.29, 1.82) is 0 Å². The minimum Gasteiger partial charge on any atom is -0.480 e. The van der Waals surface area contributed by atoms with E-state index in [4.69, 9.17) is 5.11 Å². The normalized spacial score (nSPS) is 20.6. The van der Waals surface area contributed by atoms with Gasteiger partial charge in [0.05, 0.1) is 4.90 Å². The molecule has 0 spiro atoms. The van der Waals surface area contributed by atoms with Crippen LogP contribution in [0.2, 0.25) is 0 Å². The fourth-order valence-corrected chi connectivity index (χ4v) is 3.96. The fourth-order valence-electron chi connectivity index (χ4n) is 2.31. The number of sulfonamides is 1. The van der Waals surface area contributed by atoms with Gasteiger partial charge in [0.15, 0.2) is 0 Å². The summed E-state index contributed by atoms with van der Waals surface area (Å²) in [6.07, 6.45) is 1.80. The Bertz CT molecular complexity index is 565. The van der Waals surface area contributed by atoms with Crippen molar-refractivity contribution in [2.45, 2.75) is 37.1 Å². The van der Waals surface area contributed by atoms with E-state index in [9.17, 15) is 13.2 Å². The molecule has 1 aromatic carbocycles. The predicted molar refractivity (Wildman–Crippen MR) is 70.4 cm³/mol. The molecule has 1 atom stereocenters. The fraction of sp³-hybridized carbons (Fsp3) is 0.462. The number of carbonyl (C=O) groups is 1. The van der Waals surface area contributed by atoms with E-state index in [2.05, 4.69) is 0 Å². The van der Waals surface area contributed by atoms with Gasteiger partial charge in [-0.15, -0.1) is 0 Å². The zero-order chi connectivity index (χ0) is 14.0. The molecule has 1 aromatic rings. The topological polar surface area (TPSA) is 74.7 Å². The summed E-state index contributed by atoms with van der Waals surface area (Å²) >= 11 is 0. The number of hydrogen-bond donors (Lipinski definition) is 1. The molecule has 2 rings (SSSR count). The minimum atomic E-state index is -3.71. The second-order valence-electron chi connectivity index (χ2n) is 4.61. The van der Waals surface area contributed by atoms with E-state index in [1.165, 1.54) is 0 Å². The van der Waals surface area contributed by atoms with Crippen LogP contribution in [0.3, 0.4) is 0 Å². The average Bonchev–Trinajstić information content (AvgIpc) is 2.89. The third-order valence-electron chi connectivity index (χ3n) is 3.43. The standard InChI is InChI=1S/C13H17NO4S/c1-2-10-5-7-11(8-6-10)19(17,18)14-9-3-4-12(14)13(15)16/h5-8,12H,2-4,9H2,1H3,(H,15,16)/t12-/m1/s1. The molecule has 0 bridgehead atoms. The number of benzene rings is 1. The zero-order valence-corrected chi connectivity index (χ0v) is 11.6. The molecule has 104 valence electrons. The van der Waals surface area contributed by atoms with Crippen molar-refractivity contribution in [3.05, 3.63) is 29.8 Å². The Morgan fingerprint density at radius 3 is 2.53 bits per heavy atom. The van der Waals surface area contributed by atoms with Crippen molar-refractivity contribution in [3.8, 4) is 0 Å². The van der Waals surface area contributed by atoms with E-state index in [-0.39, 0.29) is 11.4 Å². The molecule has 19 heavy (non-hydrogen) atoms. The lowest BCUT2D eigenvalue weighted by Crippen LogP contribution is -2.40. The minimum absolute atomic E-state index is 0.165. The van der Waals surface area contributed by atoms with Crippen molar-refractivity contribution < 1.29 is 18.3 Å². The molecule has 1 fully saturated rings. The van der Waals surface area contributed by atoms with Crippen LogP contribution >= 0.6 is 0 Å². The van der Waals surface area contributed by atoms with E-state index in [1.807, 2.05) is 6.92 Å². The lowest BCUT2D eigenvalue weighted by atomic mass is 10.2. The summed E-state index contributed by atoms with van der Waals surface area (Å²) in [5, 5.41) is 9.07. The smallest absolute Gasteiger partial charge is 0.322 e. The first-order valence-electron chi connectivity index (χ1n) is 6.30. The number of aliphatic carboxylic acids is 1. The van der Waals surface area contributed by atoms with Gasteiger partial charge in [0.2, 0.25) is 10.0 Å². The highest BCUT2D eigenvalue weighted by Crippen LogP contribution is 2.26. The summed E-state index contributed by atoms with van der Waals surface area (Å²) < 4.78 is 25.9. The van der Waals surface area contributed by atoms with Gasteiger partial charge in [0, 0.05) is 6.54 Å². The Balaban J connectivity index is 2.33. The second-order valence-corrected chi connectivity index (χ2v) is 6.50. The molecule has 1 saturated heterocycles. The van der Waals surface area contributed by atoms with Crippen molar-refractivity contribution in [2.24, 2.45) is 0 Å². The van der Waals surface area contributed by atoms with Crippen LogP contribution in [0.1, 0.15) is 25.3 Å². The Kier molecular flexibility index (Phi) is 3.91. The maximum absolute atomic E-state index is 12.4. The maximum Gasteiger partial charge on any atom is 0.322 e. The van der Waals surface area contributed by atoms with E-state index < -0.39 is 22.0 Å². The summed E-state index contributed by atoms with van der Waals surface area (Å²) in [4.78, 5) is 11.2. The van der Waals surface area contributed by atoms with E-state index in [0.717, 1.165) is 16.3 Å². The molecular weight excluding hydrogens is 266 g/mol. The molecular formula is C13H17NO4S. The van der Waals surface area contributed by atoms with Crippen LogP contribution in [-0.2, 0) is 21.2 Å². The van der Waals surface area contributed by atoms with Crippen LogP contribution in [0.25, 0.3) is 0 Å². The number of rotatable bonds is 4. The van der Waals surface area contributed by atoms with Crippen molar-refractivity contribution in [3.63, 3.8) is 0 Å². The lowest BCUT2D eigenvalue weighted by molar-refractivity contribution is -0.140. The predicted octanol–water partition coefficient (Wildman–Crippen LogP) is 1.49. The van der Waals surface area contributed by atoms with Crippen LogP contribution in [0.4, 0.5) is 0 Å². The van der Waals surface area contributed by atoms with E-state index in [1.54, 1.807) is 24.3 Å². The summed E-state index contributed by atoms with van der Waals surface area (Å²) in [7, 11) is -3.71. The molecule has 0 aromatic heterocycles. The van der Waals surface area contributed by atoms with Crippen molar-refractivity contribution in [1.82, 2.24) is 4.31 Å². The number of aryl methyl sites for hydroxylation is 1. The van der Waals surface area contributed by atoms with Gasteiger partial charge < -0.3 is 5.11 Å². The average molecular weight is 283 g/mol. The van der Waals surface area contributed by atoms with Gasteiger partial charge in [-0.1, -0.05) is 19.1 Å². The Hall–Kier alpha value is -1.40. The summed E-state index contributed by atoms with van der Waals surface area (Å²) in [5.74, 6) is -1.08. The van der Waals surface area contributed by atoms with Gasteiger partial charge in [-0.05, 0) is 37.0 Å². The molecule has 0 amide bonds. The highest BCUT2D eigenvalue weighted by Gasteiger charge is 2.39. The highest BCUT2D eigenvalue weighted by atomic mass is 32.2. The third-order valence-corrected chi connectivity index (χ3v) is 5.35. The molecule has 1 N–H and O–H groups in total. The van der Waals surface area contributed by atoms with E-state index in [0.29, 0.717) is 12.8 Å². The van der Waals surface area contributed by atoms with Gasteiger partial charge in [-0.3, -0.25) is 4.79 Å². The van der Waals surface area contributed by atoms with Crippen LogP contribution in [0.15, 0.2) is 29.2 Å². The van der Waals surface area contributed by atoms with Gasteiger partial charge in [-0.2, -0.15) is 4.31 Å². The van der Waals surface area contributed by atoms with Crippen molar-refractivity contribution >= 4 is 16.0 Å². The largest absolute Gasteiger partial charge is 0.480 e. The van der Waals surface area contributed by atoms with Gasteiger partial charge in [0.1, 0.15) is 6.04 Å². The Labute approximate surface area is 112 Å². The molecule has 1 aliphatic rings. The Morgan fingerprint density at radius 2 is 2.00 bits per heavy atom. The van der Waals surface area contributed by atoms with Gasteiger partial charge in [-0.25, -0.2) is 8.42 Å². The number of carboxylic acids is 1. The molecule has 1 aliphatic heterocycles. The second kappa shape index (κ2) is 5.30. The summed E-state index contributed by atoms with van der Waals surface area (Å²) in [5.41, 5.74) is 1.05. The van der Waals surface area contributed by atoms with Crippen LogP contribution < -0.4 is 0 Å². The highest BCUT2D eigenvalue weighted by molar-refractivity contribution is 7.89. The first kappa shape index (κ1) is 14.0. The molecule has 5 nitrogen and oxygen atoms in total. The number of hydrogen-bond acceptors (Lipinski definition) is 3. The van der Waals surface area contributed by atoms with Crippen LogP contribution in [0, 0.1) is 0 Å². The third kappa shape index (κ3) is 2.64. The molecule has 6 heteroatoms. The quantitative estimate of drug-likeness (QED) is 0.908. The van der Waals surface area contributed by atoms with Crippen LogP contribution in [0.5, 0.6) is 0 Å². The lowest BCUT2D eigenvalue weighted by Gasteiger charge is -2.21. The number of nitrogens with zero attached hydrogens (tertiary/aromatic N) is 1. The SMILES string of the molecule is CCc1ccc(S(=O)(=O)N2CCC[C@@H]2C(=O)O)cc1. The zero-order valence-electron chi connectivity index (χ0n) is 10.7. The van der Waals surface area contributed by atoms with E-state index >= 15 is 0 Å². The summed E-state index contributed by atoms with van der Waals surface area (Å²) in [6.45, 7) is 2.26. The molecule has 0 radical (unpaired) electrons. The molecule has 0 saturated carbocycles.